The Morgan fingerprint density at radius 2 is 1.90 bits per heavy atom. The van der Waals surface area contributed by atoms with Crippen LogP contribution in [0.3, 0.4) is 0 Å². The van der Waals surface area contributed by atoms with Crippen LogP contribution >= 0.6 is 11.6 Å². The van der Waals surface area contributed by atoms with E-state index in [1.165, 1.54) is 0 Å². The minimum atomic E-state index is 0.536. The number of hydrogen-bond acceptors (Lipinski definition) is 3. The first-order chi connectivity index (χ1) is 9.53. The molecule has 0 amide bonds. The average Bonchev–Trinajstić information content (AvgIpc) is 2.41. The van der Waals surface area contributed by atoms with Crippen molar-refractivity contribution >= 4 is 17.4 Å². The van der Waals surface area contributed by atoms with E-state index in [9.17, 15) is 0 Å². The molecule has 0 spiro atoms. The van der Waals surface area contributed by atoms with Gasteiger partial charge in [0.1, 0.15) is 5.82 Å². The average molecular weight is 298 g/mol. The summed E-state index contributed by atoms with van der Waals surface area (Å²) < 4.78 is 0. The Labute approximate surface area is 128 Å². The molecule has 0 radical (unpaired) electrons. The number of halogens is 1. The van der Waals surface area contributed by atoms with Crippen molar-refractivity contribution in [2.24, 2.45) is 5.92 Å². The number of rotatable bonds is 8. The molecular weight excluding hydrogens is 270 g/mol. The molecule has 0 aliphatic carbocycles. The van der Waals surface area contributed by atoms with E-state index in [1.807, 2.05) is 19.2 Å². The maximum absolute atomic E-state index is 6.21. The minimum absolute atomic E-state index is 0.536. The molecule has 0 unspecified atom stereocenters. The fraction of sp³-hybridized carbons (Fsp3) is 0.688. The molecular formula is C16H28ClN3. The third kappa shape index (κ3) is 4.64. The Morgan fingerprint density at radius 3 is 2.40 bits per heavy atom. The van der Waals surface area contributed by atoms with Crippen LogP contribution in [0.5, 0.6) is 0 Å². The van der Waals surface area contributed by atoms with Gasteiger partial charge in [-0.05, 0) is 37.9 Å². The Morgan fingerprint density at radius 1 is 1.25 bits per heavy atom. The van der Waals surface area contributed by atoms with Gasteiger partial charge in [0.15, 0.2) is 0 Å². The van der Waals surface area contributed by atoms with E-state index in [-0.39, 0.29) is 0 Å². The molecule has 0 bridgehead atoms. The molecule has 114 valence electrons. The first kappa shape index (κ1) is 17.3. The summed E-state index contributed by atoms with van der Waals surface area (Å²) in [6.07, 6.45) is 2.27. The predicted octanol–water partition coefficient (Wildman–Crippen LogP) is 4.11. The quantitative estimate of drug-likeness (QED) is 0.783. The standard InChI is InChI=1S/C16H28ClN3/c1-6-13(7-2)20(11-12(3)4)16-9-8-14(17)15(19-16)10-18-5/h8-9,12-13,18H,6-7,10-11H2,1-5H3. The van der Waals surface area contributed by atoms with Crippen LogP contribution in [-0.2, 0) is 6.54 Å². The topological polar surface area (TPSA) is 28.2 Å². The smallest absolute Gasteiger partial charge is 0.129 e. The third-order valence-corrected chi connectivity index (χ3v) is 3.83. The van der Waals surface area contributed by atoms with Crippen LogP contribution in [0.25, 0.3) is 0 Å². The maximum Gasteiger partial charge on any atom is 0.129 e. The van der Waals surface area contributed by atoms with Gasteiger partial charge in [0.2, 0.25) is 0 Å². The van der Waals surface area contributed by atoms with E-state index >= 15 is 0 Å². The van der Waals surface area contributed by atoms with Crippen molar-refractivity contribution in [2.45, 2.75) is 53.1 Å². The highest BCUT2D eigenvalue weighted by molar-refractivity contribution is 6.31. The summed E-state index contributed by atoms with van der Waals surface area (Å²) >= 11 is 6.21. The highest BCUT2D eigenvalue weighted by atomic mass is 35.5. The molecule has 0 saturated heterocycles. The fourth-order valence-corrected chi connectivity index (χ4v) is 2.65. The second kappa shape index (κ2) is 8.48. The van der Waals surface area contributed by atoms with Gasteiger partial charge in [-0.25, -0.2) is 4.98 Å². The van der Waals surface area contributed by atoms with Gasteiger partial charge in [0, 0.05) is 19.1 Å². The molecule has 1 N–H and O–H groups in total. The minimum Gasteiger partial charge on any atom is -0.353 e. The van der Waals surface area contributed by atoms with Crippen molar-refractivity contribution in [1.29, 1.82) is 0 Å². The van der Waals surface area contributed by atoms with Crippen molar-refractivity contribution in [3.05, 3.63) is 22.8 Å². The van der Waals surface area contributed by atoms with E-state index in [0.29, 0.717) is 18.5 Å². The fourth-order valence-electron chi connectivity index (χ4n) is 2.48. The third-order valence-electron chi connectivity index (χ3n) is 3.49. The highest BCUT2D eigenvalue weighted by Crippen LogP contribution is 2.24. The summed E-state index contributed by atoms with van der Waals surface area (Å²) in [4.78, 5) is 7.19. The van der Waals surface area contributed by atoms with Crippen molar-refractivity contribution in [2.75, 3.05) is 18.5 Å². The molecule has 0 fully saturated rings. The van der Waals surface area contributed by atoms with Crippen LogP contribution < -0.4 is 10.2 Å². The molecule has 0 aliphatic rings. The first-order valence-corrected chi connectivity index (χ1v) is 7.97. The predicted molar refractivity (Wildman–Crippen MR) is 88.6 cm³/mol. The summed E-state index contributed by atoms with van der Waals surface area (Å²) in [7, 11) is 1.91. The van der Waals surface area contributed by atoms with Gasteiger partial charge >= 0.3 is 0 Å². The second-order valence-electron chi connectivity index (χ2n) is 5.64. The zero-order valence-electron chi connectivity index (χ0n) is 13.4. The number of anilines is 1. The second-order valence-corrected chi connectivity index (χ2v) is 6.05. The first-order valence-electron chi connectivity index (χ1n) is 7.60. The van der Waals surface area contributed by atoms with E-state index in [2.05, 4.69) is 37.9 Å². The van der Waals surface area contributed by atoms with Crippen molar-refractivity contribution in [1.82, 2.24) is 10.3 Å². The SMILES string of the molecule is CCC(CC)N(CC(C)C)c1ccc(Cl)c(CNC)n1. The molecule has 1 rings (SSSR count). The summed E-state index contributed by atoms with van der Waals surface area (Å²) in [6.45, 7) is 10.7. The summed E-state index contributed by atoms with van der Waals surface area (Å²) in [5.41, 5.74) is 0.923. The van der Waals surface area contributed by atoms with Crippen molar-refractivity contribution < 1.29 is 0 Å². The lowest BCUT2D eigenvalue weighted by Gasteiger charge is -2.33. The van der Waals surface area contributed by atoms with Crippen LogP contribution in [0.1, 0.15) is 46.2 Å². The van der Waals surface area contributed by atoms with Gasteiger partial charge in [-0.2, -0.15) is 0 Å². The van der Waals surface area contributed by atoms with Crippen molar-refractivity contribution in [3.63, 3.8) is 0 Å². The molecule has 0 atom stereocenters. The normalized spacial score (nSPS) is 11.4. The van der Waals surface area contributed by atoms with Crippen LogP contribution in [0.2, 0.25) is 5.02 Å². The Balaban J connectivity index is 3.09. The lowest BCUT2D eigenvalue weighted by Crippen LogP contribution is -2.38. The maximum atomic E-state index is 6.21. The van der Waals surface area contributed by atoms with Crippen molar-refractivity contribution in [3.8, 4) is 0 Å². The van der Waals surface area contributed by atoms with E-state index in [0.717, 1.165) is 35.9 Å². The van der Waals surface area contributed by atoms with Gasteiger partial charge in [0.25, 0.3) is 0 Å². The Bertz CT molecular complexity index is 403. The lowest BCUT2D eigenvalue weighted by atomic mass is 10.1. The molecule has 1 heterocycles. The number of pyridine rings is 1. The van der Waals surface area contributed by atoms with E-state index < -0.39 is 0 Å². The van der Waals surface area contributed by atoms with Gasteiger partial charge in [-0.3, -0.25) is 0 Å². The monoisotopic (exact) mass is 297 g/mol. The lowest BCUT2D eigenvalue weighted by molar-refractivity contribution is 0.502. The number of nitrogens with one attached hydrogen (secondary N) is 1. The molecule has 4 heteroatoms. The molecule has 0 aromatic carbocycles. The summed E-state index contributed by atoms with van der Waals surface area (Å²) in [6, 6.07) is 4.54. The molecule has 3 nitrogen and oxygen atoms in total. The van der Waals surface area contributed by atoms with Crippen LogP contribution in [0, 0.1) is 5.92 Å². The largest absolute Gasteiger partial charge is 0.353 e. The molecule has 1 aromatic rings. The molecule has 20 heavy (non-hydrogen) atoms. The van der Waals surface area contributed by atoms with Gasteiger partial charge in [0.05, 0.1) is 10.7 Å². The Hall–Kier alpha value is -0.800. The Kier molecular flexibility index (Phi) is 7.31. The molecule has 0 saturated carbocycles. The van der Waals surface area contributed by atoms with E-state index in [4.69, 9.17) is 16.6 Å². The highest BCUT2D eigenvalue weighted by Gasteiger charge is 2.19. The van der Waals surface area contributed by atoms with Crippen LogP contribution in [0.15, 0.2) is 12.1 Å². The zero-order valence-corrected chi connectivity index (χ0v) is 14.2. The number of aromatic nitrogens is 1. The van der Waals surface area contributed by atoms with Gasteiger partial charge in [-0.15, -0.1) is 0 Å². The number of nitrogens with zero attached hydrogens (tertiary/aromatic N) is 2. The summed E-state index contributed by atoms with van der Waals surface area (Å²) in [5.74, 6) is 1.66. The van der Waals surface area contributed by atoms with Gasteiger partial charge < -0.3 is 10.2 Å². The summed E-state index contributed by atoms with van der Waals surface area (Å²) in [5, 5.41) is 3.86. The zero-order chi connectivity index (χ0) is 15.1. The van der Waals surface area contributed by atoms with Gasteiger partial charge in [-0.1, -0.05) is 39.3 Å². The van der Waals surface area contributed by atoms with E-state index in [1.54, 1.807) is 0 Å². The van der Waals surface area contributed by atoms with Crippen LogP contribution in [-0.4, -0.2) is 24.6 Å². The van der Waals surface area contributed by atoms with Crippen LogP contribution in [0.4, 0.5) is 5.82 Å². The molecule has 1 aromatic heterocycles. The number of hydrogen-bond donors (Lipinski definition) is 1. The molecule has 0 aliphatic heterocycles.